The van der Waals surface area contributed by atoms with Crippen LogP contribution in [0.4, 0.5) is 0 Å². The summed E-state index contributed by atoms with van der Waals surface area (Å²) in [6.45, 7) is 5.86. The molecule has 62 valence electrons. The van der Waals surface area contributed by atoms with Gasteiger partial charge in [-0.3, -0.25) is 0 Å². The molecule has 0 aliphatic carbocycles. The Morgan fingerprint density at radius 2 is 2.09 bits per heavy atom. The summed E-state index contributed by atoms with van der Waals surface area (Å²) in [6, 6.07) is 0. The molecule has 0 aromatic rings. The van der Waals surface area contributed by atoms with Gasteiger partial charge in [-0.15, -0.1) is 0 Å². The van der Waals surface area contributed by atoms with E-state index in [9.17, 15) is 9.36 Å². The Hall–Kier alpha value is -1.06. The number of hydrogen-bond acceptors (Lipinski definition) is 3. The first kappa shape index (κ1) is 9.94. The Labute approximate surface area is 63.1 Å². The Morgan fingerprint density at radius 1 is 1.64 bits per heavy atom. The van der Waals surface area contributed by atoms with Crippen molar-refractivity contribution in [3.8, 4) is 0 Å². The van der Waals surface area contributed by atoms with Crippen LogP contribution in [-0.4, -0.2) is 16.0 Å². The number of carbonyl (C=O) groups is 1. The van der Waals surface area contributed by atoms with Crippen LogP contribution in [0.1, 0.15) is 0 Å². The predicted octanol–water partition coefficient (Wildman–Crippen LogP) is 0.930. The maximum Gasteiger partial charge on any atom is 0.400 e. The lowest BCUT2D eigenvalue weighted by Crippen LogP contribution is -2.00. The minimum Gasteiger partial charge on any atom is -0.475 e. The zero-order chi connectivity index (χ0) is 9.07. The lowest BCUT2D eigenvalue weighted by molar-refractivity contribution is -0.135. The van der Waals surface area contributed by atoms with Gasteiger partial charge in [0.05, 0.1) is 0 Å². The minimum absolute atomic E-state index is 0.626. The highest BCUT2D eigenvalue weighted by Crippen LogP contribution is 2.44. The molecular weight excluding hydrogens is 171 g/mol. The highest BCUT2D eigenvalue weighted by atomic mass is 31.2. The molecule has 6 heteroatoms. The third kappa shape index (κ3) is 3.60. The summed E-state index contributed by atoms with van der Waals surface area (Å²) in [7, 11) is -4.00. The average molecular weight is 178 g/mol. The zero-order valence-electron chi connectivity index (χ0n) is 5.56. The van der Waals surface area contributed by atoms with Gasteiger partial charge < -0.3 is 14.5 Å². The number of hydrogen-bond donors (Lipinski definition) is 2. The van der Waals surface area contributed by atoms with Crippen molar-refractivity contribution in [2.24, 2.45) is 0 Å². The molecule has 1 atom stereocenters. The van der Waals surface area contributed by atoms with Crippen LogP contribution < -0.4 is 0 Å². The van der Waals surface area contributed by atoms with Gasteiger partial charge in [0.2, 0.25) is 5.76 Å². The van der Waals surface area contributed by atoms with Crippen LogP contribution >= 0.6 is 7.60 Å². The molecule has 0 aromatic carbocycles. The second kappa shape index (κ2) is 3.37. The average Bonchev–Trinajstić information content (AvgIpc) is 1.87. The van der Waals surface area contributed by atoms with Crippen molar-refractivity contribution in [1.29, 1.82) is 0 Å². The smallest absolute Gasteiger partial charge is 0.400 e. The Bertz CT molecular complexity index is 243. The molecule has 0 saturated heterocycles. The van der Waals surface area contributed by atoms with Crippen molar-refractivity contribution < 1.29 is 23.9 Å². The van der Waals surface area contributed by atoms with Crippen molar-refractivity contribution in [2.75, 3.05) is 0 Å². The SMILES string of the molecule is C=CP(=O)(O)OC(=C)C(=O)O. The molecule has 0 aliphatic rings. The molecule has 0 aromatic heterocycles. The van der Waals surface area contributed by atoms with Crippen molar-refractivity contribution in [3.05, 3.63) is 24.7 Å². The van der Waals surface area contributed by atoms with E-state index in [0.29, 0.717) is 5.82 Å². The molecule has 0 fully saturated rings. The second-order valence-corrected chi connectivity index (χ2v) is 3.24. The highest BCUT2D eigenvalue weighted by Gasteiger charge is 2.19. The molecule has 0 aliphatic heterocycles. The maximum absolute atomic E-state index is 10.6. The van der Waals surface area contributed by atoms with E-state index in [2.05, 4.69) is 17.7 Å². The lowest BCUT2D eigenvalue weighted by Gasteiger charge is -2.07. The van der Waals surface area contributed by atoms with Crippen molar-refractivity contribution in [1.82, 2.24) is 0 Å². The van der Waals surface area contributed by atoms with Crippen LogP contribution in [0.5, 0.6) is 0 Å². The number of carboxylic acid groups (broad SMARTS) is 1. The number of carboxylic acids is 1. The van der Waals surface area contributed by atoms with Crippen molar-refractivity contribution in [2.45, 2.75) is 0 Å². The summed E-state index contributed by atoms with van der Waals surface area (Å²) < 4.78 is 14.6. The van der Waals surface area contributed by atoms with Crippen LogP contribution in [0.25, 0.3) is 0 Å². The molecule has 0 spiro atoms. The summed E-state index contributed by atoms with van der Waals surface area (Å²) in [6.07, 6.45) is 0. The van der Waals surface area contributed by atoms with Gasteiger partial charge in [-0.2, -0.15) is 0 Å². The highest BCUT2D eigenvalue weighted by molar-refractivity contribution is 7.56. The Balaban J connectivity index is 4.28. The van der Waals surface area contributed by atoms with Gasteiger partial charge in [0.15, 0.2) is 0 Å². The van der Waals surface area contributed by atoms with Gasteiger partial charge in [-0.25, -0.2) is 9.36 Å². The van der Waals surface area contributed by atoms with E-state index in [1.807, 2.05) is 0 Å². The van der Waals surface area contributed by atoms with E-state index in [1.165, 1.54) is 0 Å². The van der Waals surface area contributed by atoms with Gasteiger partial charge in [0.25, 0.3) is 0 Å². The van der Waals surface area contributed by atoms with E-state index in [0.717, 1.165) is 0 Å². The standard InChI is InChI=1S/C5H7O5P/c1-3-11(8,9)10-4(2)5(6)7/h3H,1-2H2,(H,6,7)(H,8,9). The summed E-state index contributed by atoms with van der Waals surface area (Å²) in [5.41, 5.74) is 0. The molecular formula is C5H7O5P. The first-order chi connectivity index (χ1) is 4.89. The first-order valence-corrected chi connectivity index (χ1v) is 4.11. The van der Waals surface area contributed by atoms with Crippen LogP contribution in [0, 0.1) is 0 Å². The zero-order valence-corrected chi connectivity index (χ0v) is 6.45. The van der Waals surface area contributed by atoms with Crippen LogP contribution in [-0.2, 0) is 13.9 Å². The molecule has 0 saturated carbocycles. The molecule has 1 unspecified atom stereocenters. The molecule has 5 nitrogen and oxygen atoms in total. The normalized spacial score (nSPS) is 14.6. The second-order valence-electron chi connectivity index (χ2n) is 1.57. The van der Waals surface area contributed by atoms with E-state index < -0.39 is 19.3 Å². The van der Waals surface area contributed by atoms with Gasteiger partial charge in [0, 0.05) is 5.82 Å². The Morgan fingerprint density at radius 3 is 2.36 bits per heavy atom. The van der Waals surface area contributed by atoms with Crippen LogP contribution in [0.15, 0.2) is 24.7 Å². The van der Waals surface area contributed by atoms with Gasteiger partial charge in [-0.05, 0) is 6.58 Å². The third-order valence-corrected chi connectivity index (χ3v) is 1.65. The van der Waals surface area contributed by atoms with Crippen LogP contribution in [0.2, 0.25) is 0 Å². The Kier molecular flexibility index (Phi) is 3.04. The molecule has 0 radical (unpaired) electrons. The summed E-state index contributed by atoms with van der Waals surface area (Å²) >= 11 is 0. The summed E-state index contributed by atoms with van der Waals surface area (Å²) in [5, 5.41) is 8.15. The van der Waals surface area contributed by atoms with E-state index in [1.54, 1.807) is 0 Å². The fourth-order valence-corrected chi connectivity index (χ4v) is 0.703. The molecule has 11 heavy (non-hydrogen) atoms. The molecule has 0 bridgehead atoms. The molecule has 2 N–H and O–H groups in total. The van der Waals surface area contributed by atoms with Gasteiger partial charge >= 0.3 is 13.6 Å². The topological polar surface area (TPSA) is 83.8 Å². The fourth-order valence-electron chi connectivity index (χ4n) is 0.234. The van der Waals surface area contributed by atoms with E-state index in [-0.39, 0.29) is 0 Å². The lowest BCUT2D eigenvalue weighted by atomic mass is 10.6. The molecule has 0 rings (SSSR count). The third-order valence-electron chi connectivity index (χ3n) is 0.710. The quantitative estimate of drug-likeness (QED) is 0.380. The number of aliphatic carboxylic acids is 1. The number of rotatable bonds is 4. The van der Waals surface area contributed by atoms with Crippen LogP contribution in [0.3, 0.4) is 0 Å². The fraction of sp³-hybridized carbons (Fsp3) is 0. The molecule has 0 heterocycles. The van der Waals surface area contributed by atoms with Crippen molar-refractivity contribution >= 4 is 13.6 Å². The van der Waals surface area contributed by atoms with Gasteiger partial charge in [-0.1, -0.05) is 6.58 Å². The minimum atomic E-state index is -4.00. The first-order valence-electron chi connectivity index (χ1n) is 2.47. The van der Waals surface area contributed by atoms with Crippen molar-refractivity contribution in [3.63, 3.8) is 0 Å². The summed E-state index contributed by atoms with van der Waals surface area (Å²) in [4.78, 5) is 18.6. The largest absolute Gasteiger partial charge is 0.475 e. The van der Waals surface area contributed by atoms with Gasteiger partial charge in [0.1, 0.15) is 0 Å². The monoisotopic (exact) mass is 178 g/mol. The molecule has 0 amide bonds. The predicted molar refractivity (Wildman–Crippen MR) is 37.9 cm³/mol. The van der Waals surface area contributed by atoms with E-state index >= 15 is 0 Å². The van der Waals surface area contributed by atoms with E-state index in [4.69, 9.17) is 10.00 Å². The maximum atomic E-state index is 10.6. The summed E-state index contributed by atoms with van der Waals surface area (Å²) in [5.74, 6) is -1.64.